The Labute approximate surface area is 111 Å². The van der Waals surface area contributed by atoms with E-state index >= 15 is 0 Å². The molecule has 0 aromatic carbocycles. The Morgan fingerprint density at radius 1 is 1.53 bits per heavy atom. The van der Waals surface area contributed by atoms with Gasteiger partial charge in [0.1, 0.15) is 6.04 Å². The summed E-state index contributed by atoms with van der Waals surface area (Å²) in [7, 11) is 0. The lowest BCUT2D eigenvalue weighted by Crippen LogP contribution is -2.42. The summed E-state index contributed by atoms with van der Waals surface area (Å²) in [6.07, 6.45) is 2.02. The average Bonchev–Trinajstić information content (AvgIpc) is 3.00. The number of hydrogen-bond acceptors (Lipinski definition) is 3. The third-order valence-electron chi connectivity index (χ3n) is 2.64. The van der Waals surface area contributed by atoms with Crippen molar-refractivity contribution in [3.05, 3.63) is 20.8 Å². The minimum Gasteiger partial charge on any atom is -0.480 e. The van der Waals surface area contributed by atoms with Crippen molar-refractivity contribution in [2.45, 2.75) is 25.3 Å². The summed E-state index contributed by atoms with van der Waals surface area (Å²) in [5.41, 5.74) is 0. The van der Waals surface area contributed by atoms with Gasteiger partial charge in [-0.25, -0.2) is 4.79 Å². The van der Waals surface area contributed by atoms with Crippen LogP contribution in [0.2, 0.25) is 0 Å². The number of nitrogens with one attached hydrogen (secondary N) is 1. The fraction of sp³-hybridized carbons (Fsp3) is 0.455. The van der Waals surface area contributed by atoms with Gasteiger partial charge in [-0.05, 0) is 46.8 Å². The minimum atomic E-state index is -0.937. The molecule has 2 rings (SSSR count). The van der Waals surface area contributed by atoms with Crippen LogP contribution in [-0.4, -0.2) is 23.0 Å². The van der Waals surface area contributed by atoms with Gasteiger partial charge in [-0.1, -0.05) is 0 Å². The van der Waals surface area contributed by atoms with Crippen LogP contribution in [-0.2, 0) is 16.0 Å². The zero-order valence-electron chi connectivity index (χ0n) is 8.98. The number of carbonyl (C=O) groups is 2. The molecule has 92 valence electrons. The molecule has 1 atom stereocenters. The van der Waals surface area contributed by atoms with E-state index in [0.717, 1.165) is 21.5 Å². The van der Waals surface area contributed by atoms with Crippen LogP contribution >= 0.6 is 27.3 Å². The van der Waals surface area contributed by atoms with E-state index in [1.54, 1.807) is 0 Å². The van der Waals surface area contributed by atoms with E-state index in [2.05, 4.69) is 21.2 Å². The highest BCUT2D eigenvalue weighted by atomic mass is 79.9. The summed E-state index contributed by atoms with van der Waals surface area (Å²) in [6.45, 7) is 0. The number of carboxylic acids is 1. The highest BCUT2D eigenvalue weighted by molar-refractivity contribution is 9.11. The number of halogens is 1. The van der Waals surface area contributed by atoms with Crippen molar-refractivity contribution >= 4 is 39.1 Å². The van der Waals surface area contributed by atoms with E-state index in [9.17, 15) is 9.59 Å². The topological polar surface area (TPSA) is 66.4 Å². The molecule has 1 aliphatic rings. The van der Waals surface area contributed by atoms with E-state index in [4.69, 9.17) is 5.11 Å². The van der Waals surface area contributed by atoms with Crippen LogP contribution in [0.1, 0.15) is 17.7 Å². The molecule has 1 aliphatic carbocycles. The average molecular weight is 318 g/mol. The fourth-order valence-electron chi connectivity index (χ4n) is 1.64. The molecule has 1 saturated carbocycles. The van der Waals surface area contributed by atoms with Crippen LogP contribution in [0.25, 0.3) is 0 Å². The number of thiophene rings is 1. The largest absolute Gasteiger partial charge is 0.480 e. The van der Waals surface area contributed by atoms with E-state index in [1.807, 2.05) is 12.1 Å². The Morgan fingerprint density at radius 3 is 2.71 bits per heavy atom. The number of carboxylic acid groups (broad SMARTS) is 1. The Hall–Kier alpha value is -0.880. The van der Waals surface area contributed by atoms with Crippen LogP contribution < -0.4 is 5.32 Å². The molecule has 0 bridgehead atoms. The highest BCUT2D eigenvalue weighted by Gasteiger charge is 2.37. The lowest BCUT2D eigenvalue weighted by Gasteiger charge is -2.12. The van der Waals surface area contributed by atoms with E-state index < -0.39 is 12.0 Å². The Kier molecular flexibility index (Phi) is 3.83. The van der Waals surface area contributed by atoms with Crippen LogP contribution in [0.4, 0.5) is 0 Å². The molecule has 17 heavy (non-hydrogen) atoms. The van der Waals surface area contributed by atoms with E-state index in [-0.39, 0.29) is 18.2 Å². The van der Waals surface area contributed by atoms with E-state index in [1.165, 1.54) is 11.3 Å². The maximum atomic E-state index is 11.7. The molecule has 0 aliphatic heterocycles. The first kappa shape index (κ1) is 12.6. The Bertz CT molecular complexity index is 442. The Morgan fingerprint density at radius 2 is 2.24 bits per heavy atom. The van der Waals surface area contributed by atoms with Crippen molar-refractivity contribution in [2.24, 2.45) is 5.92 Å². The molecular weight excluding hydrogens is 306 g/mol. The first-order valence-electron chi connectivity index (χ1n) is 5.32. The second kappa shape index (κ2) is 5.18. The normalized spacial score (nSPS) is 16.5. The zero-order chi connectivity index (χ0) is 12.4. The molecule has 1 unspecified atom stereocenters. The smallest absolute Gasteiger partial charge is 0.326 e. The van der Waals surface area contributed by atoms with Gasteiger partial charge in [0.2, 0.25) is 5.91 Å². The zero-order valence-corrected chi connectivity index (χ0v) is 11.4. The van der Waals surface area contributed by atoms with Gasteiger partial charge >= 0.3 is 5.97 Å². The first-order chi connectivity index (χ1) is 8.06. The highest BCUT2D eigenvalue weighted by Crippen LogP contribution is 2.32. The third-order valence-corrected chi connectivity index (χ3v) is 4.26. The summed E-state index contributed by atoms with van der Waals surface area (Å²) in [6, 6.07) is 3.02. The van der Waals surface area contributed by atoms with Gasteiger partial charge in [-0.15, -0.1) is 11.3 Å². The molecule has 4 nitrogen and oxygen atoms in total. The number of rotatable bonds is 5. The molecule has 0 radical (unpaired) electrons. The standard InChI is InChI=1S/C11H12BrNO3S/c12-8-4-3-7(17-8)5-9(14)13-10(11(15)16)6-1-2-6/h3-4,6,10H,1-2,5H2,(H,13,14)(H,15,16). The Balaban J connectivity index is 1.89. The predicted octanol–water partition coefficient (Wildman–Crippen LogP) is 2.03. The van der Waals surface area contributed by atoms with Gasteiger partial charge in [0.25, 0.3) is 0 Å². The van der Waals surface area contributed by atoms with Crippen molar-refractivity contribution in [1.82, 2.24) is 5.32 Å². The van der Waals surface area contributed by atoms with Gasteiger partial charge in [0.15, 0.2) is 0 Å². The fourth-order valence-corrected chi connectivity index (χ4v) is 3.12. The van der Waals surface area contributed by atoms with Gasteiger partial charge in [0, 0.05) is 4.88 Å². The van der Waals surface area contributed by atoms with Crippen molar-refractivity contribution in [3.63, 3.8) is 0 Å². The van der Waals surface area contributed by atoms with Crippen LogP contribution in [0.5, 0.6) is 0 Å². The van der Waals surface area contributed by atoms with Gasteiger partial charge in [0.05, 0.1) is 10.2 Å². The number of amides is 1. The summed E-state index contributed by atoms with van der Waals surface area (Å²) in [5.74, 6) is -1.04. The van der Waals surface area contributed by atoms with Crippen molar-refractivity contribution in [1.29, 1.82) is 0 Å². The molecule has 6 heteroatoms. The summed E-state index contributed by atoms with van der Waals surface area (Å²) in [5, 5.41) is 11.6. The molecular formula is C11H12BrNO3S. The maximum absolute atomic E-state index is 11.7. The van der Waals surface area contributed by atoms with Gasteiger partial charge < -0.3 is 10.4 Å². The molecule has 2 N–H and O–H groups in total. The van der Waals surface area contributed by atoms with Crippen molar-refractivity contribution < 1.29 is 14.7 Å². The molecule has 0 saturated heterocycles. The van der Waals surface area contributed by atoms with Crippen LogP contribution in [0.15, 0.2) is 15.9 Å². The number of aliphatic carboxylic acids is 1. The lowest BCUT2D eigenvalue weighted by molar-refractivity contribution is -0.142. The second-order valence-electron chi connectivity index (χ2n) is 4.10. The molecule has 1 aromatic rings. The number of carbonyl (C=O) groups excluding carboxylic acids is 1. The monoisotopic (exact) mass is 317 g/mol. The number of hydrogen-bond donors (Lipinski definition) is 2. The van der Waals surface area contributed by atoms with Crippen molar-refractivity contribution in [3.8, 4) is 0 Å². The molecule has 1 amide bonds. The molecule has 1 fully saturated rings. The SMILES string of the molecule is O=C(Cc1ccc(Br)s1)NC(C(=O)O)C1CC1. The van der Waals surface area contributed by atoms with Crippen LogP contribution in [0, 0.1) is 5.92 Å². The van der Waals surface area contributed by atoms with Gasteiger partial charge in [-0.3, -0.25) is 4.79 Å². The maximum Gasteiger partial charge on any atom is 0.326 e. The summed E-state index contributed by atoms with van der Waals surface area (Å²) in [4.78, 5) is 23.6. The summed E-state index contributed by atoms with van der Waals surface area (Å²) < 4.78 is 0.970. The molecule has 1 heterocycles. The van der Waals surface area contributed by atoms with Crippen molar-refractivity contribution in [2.75, 3.05) is 0 Å². The third kappa shape index (κ3) is 3.54. The first-order valence-corrected chi connectivity index (χ1v) is 6.93. The van der Waals surface area contributed by atoms with Crippen LogP contribution in [0.3, 0.4) is 0 Å². The quantitative estimate of drug-likeness (QED) is 0.873. The molecule has 1 aromatic heterocycles. The second-order valence-corrected chi connectivity index (χ2v) is 6.65. The predicted molar refractivity (Wildman–Crippen MR) is 68.0 cm³/mol. The lowest BCUT2D eigenvalue weighted by atomic mass is 10.2. The summed E-state index contributed by atoms with van der Waals surface area (Å²) >= 11 is 4.81. The minimum absolute atomic E-state index is 0.117. The molecule has 0 spiro atoms. The van der Waals surface area contributed by atoms with Gasteiger partial charge in [-0.2, -0.15) is 0 Å². The van der Waals surface area contributed by atoms with E-state index in [0.29, 0.717) is 0 Å².